The summed E-state index contributed by atoms with van der Waals surface area (Å²) in [5.41, 5.74) is 1.67. The summed E-state index contributed by atoms with van der Waals surface area (Å²) in [5, 5.41) is 5.55. The molecule has 1 saturated heterocycles. The number of carbonyl (C=O) groups is 2. The van der Waals surface area contributed by atoms with Crippen molar-refractivity contribution in [3.05, 3.63) is 71.5 Å². The predicted molar refractivity (Wildman–Crippen MR) is 99.4 cm³/mol. The minimum atomic E-state index is -0.369. The number of nitrogens with one attached hydrogen (secondary N) is 2. The number of hydrogen-bond acceptors (Lipinski definition) is 3. The Balaban J connectivity index is 1.55. The molecule has 0 saturated carbocycles. The number of amides is 2. The van der Waals surface area contributed by atoms with Gasteiger partial charge in [0, 0.05) is 6.61 Å². The van der Waals surface area contributed by atoms with Crippen LogP contribution < -0.4 is 10.6 Å². The Morgan fingerprint density at radius 3 is 2.48 bits per heavy atom. The number of rotatable bonds is 7. The Labute approximate surface area is 157 Å². The molecule has 0 unspecified atom stereocenters. The Kier molecular flexibility index (Phi) is 6.54. The number of ether oxygens (including phenoxy) is 1. The third kappa shape index (κ3) is 5.62. The Hall–Kier alpha value is -2.73. The summed E-state index contributed by atoms with van der Waals surface area (Å²) in [4.78, 5) is 24.4. The zero-order valence-electron chi connectivity index (χ0n) is 15.0. The maximum atomic E-state index is 13.2. The molecule has 1 aliphatic heterocycles. The molecular formula is C21H23FN2O3. The van der Waals surface area contributed by atoms with E-state index in [1.54, 1.807) is 12.1 Å². The van der Waals surface area contributed by atoms with E-state index in [1.165, 1.54) is 12.1 Å². The molecule has 27 heavy (non-hydrogen) atoms. The van der Waals surface area contributed by atoms with Crippen molar-refractivity contribution >= 4 is 11.8 Å². The molecule has 0 aliphatic carbocycles. The van der Waals surface area contributed by atoms with Crippen LogP contribution in [-0.2, 0) is 20.7 Å². The smallest absolute Gasteiger partial charge is 0.239 e. The summed E-state index contributed by atoms with van der Waals surface area (Å²) in [6.45, 7) is 0.530. The van der Waals surface area contributed by atoms with Gasteiger partial charge in [-0.2, -0.15) is 0 Å². The van der Waals surface area contributed by atoms with Gasteiger partial charge in [0.1, 0.15) is 5.82 Å². The third-order valence-electron chi connectivity index (χ3n) is 4.54. The van der Waals surface area contributed by atoms with E-state index in [0.717, 1.165) is 24.0 Å². The molecular weight excluding hydrogens is 347 g/mol. The lowest BCUT2D eigenvalue weighted by Crippen LogP contribution is -2.42. The van der Waals surface area contributed by atoms with Crippen molar-refractivity contribution in [3.8, 4) is 0 Å². The van der Waals surface area contributed by atoms with Gasteiger partial charge >= 0.3 is 0 Å². The fourth-order valence-electron chi connectivity index (χ4n) is 3.17. The molecule has 0 aromatic heterocycles. The van der Waals surface area contributed by atoms with Gasteiger partial charge in [-0.05, 0) is 36.1 Å². The summed E-state index contributed by atoms with van der Waals surface area (Å²) < 4.78 is 18.9. The van der Waals surface area contributed by atoms with Crippen molar-refractivity contribution in [2.75, 3.05) is 13.2 Å². The predicted octanol–water partition coefficient (Wildman–Crippen LogP) is 2.52. The molecule has 2 N–H and O–H groups in total. The quantitative estimate of drug-likeness (QED) is 0.787. The van der Waals surface area contributed by atoms with E-state index in [0.29, 0.717) is 6.61 Å². The highest BCUT2D eigenvalue weighted by atomic mass is 19.1. The lowest BCUT2D eigenvalue weighted by Gasteiger charge is -2.25. The maximum Gasteiger partial charge on any atom is 0.239 e. The van der Waals surface area contributed by atoms with Crippen molar-refractivity contribution in [2.45, 2.75) is 31.4 Å². The summed E-state index contributed by atoms with van der Waals surface area (Å²) in [7, 11) is 0. The van der Waals surface area contributed by atoms with Crippen molar-refractivity contribution in [1.29, 1.82) is 0 Å². The first-order chi connectivity index (χ1) is 13.1. The monoisotopic (exact) mass is 370 g/mol. The minimum absolute atomic E-state index is 0.115. The molecule has 6 heteroatoms. The van der Waals surface area contributed by atoms with Crippen molar-refractivity contribution in [2.24, 2.45) is 0 Å². The second-order valence-corrected chi connectivity index (χ2v) is 6.59. The zero-order valence-corrected chi connectivity index (χ0v) is 15.0. The van der Waals surface area contributed by atoms with Gasteiger partial charge in [-0.15, -0.1) is 0 Å². The summed E-state index contributed by atoms with van der Waals surface area (Å²) in [5.74, 6) is -0.850. The average Bonchev–Trinajstić information content (AvgIpc) is 3.21. The van der Waals surface area contributed by atoms with Crippen LogP contribution >= 0.6 is 0 Å². The highest BCUT2D eigenvalue weighted by Crippen LogP contribution is 2.27. The standard InChI is InChI=1S/C21H23FN2O3/c22-17-10-8-16(9-11-17)21(18-7-4-12-27-18)24-20(26)14-23-19(25)13-15-5-2-1-3-6-15/h1-3,5-6,8-11,18,21H,4,7,12-14H2,(H,23,25)(H,24,26)/t18-,21-/m1/s1. The molecule has 0 radical (unpaired) electrons. The Morgan fingerprint density at radius 2 is 1.81 bits per heavy atom. The lowest BCUT2D eigenvalue weighted by atomic mass is 9.99. The summed E-state index contributed by atoms with van der Waals surface area (Å²) >= 11 is 0. The van der Waals surface area contributed by atoms with Crippen LogP contribution in [0.5, 0.6) is 0 Å². The second-order valence-electron chi connectivity index (χ2n) is 6.59. The zero-order chi connectivity index (χ0) is 19.1. The van der Waals surface area contributed by atoms with Crippen LogP contribution in [0.1, 0.15) is 30.0 Å². The van der Waals surface area contributed by atoms with E-state index in [-0.39, 0.29) is 42.7 Å². The Morgan fingerprint density at radius 1 is 1.07 bits per heavy atom. The maximum absolute atomic E-state index is 13.2. The first-order valence-electron chi connectivity index (χ1n) is 9.09. The fourth-order valence-corrected chi connectivity index (χ4v) is 3.17. The van der Waals surface area contributed by atoms with E-state index in [4.69, 9.17) is 4.74 Å². The van der Waals surface area contributed by atoms with Crippen molar-refractivity contribution < 1.29 is 18.7 Å². The molecule has 3 rings (SSSR count). The number of carbonyl (C=O) groups excluding carboxylic acids is 2. The highest BCUT2D eigenvalue weighted by Gasteiger charge is 2.28. The van der Waals surface area contributed by atoms with Crippen LogP contribution in [0.25, 0.3) is 0 Å². The van der Waals surface area contributed by atoms with Crippen LogP contribution in [0.3, 0.4) is 0 Å². The van der Waals surface area contributed by atoms with E-state index < -0.39 is 0 Å². The molecule has 0 spiro atoms. The largest absolute Gasteiger partial charge is 0.376 e. The number of hydrogen-bond donors (Lipinski definition) is 2. The molecule has 1 aliphatic rings. The molecule has 2 amide bonds. The molecule has 2 aromatic carbocycles. The van der Waals surface area contributed by atoms with Crippen LogP contribution in [0.4, 0.5) is 4.39 Å². The number of benzene rings is 2. The van der Waals surface area contributed by atoms with Gasteiger partial charge in [-0.3, -0.25) is 9.59 Å². The van der Waals surface area contributed by atoms with E-state index in [9.17, 15) is 14.0 Å². The van der Waals surface area contributed by atoms with E-state index in [2.05, 4.69) is 10.6 Å². The van der Waals surface area contributed by atoms with Crippen LogP contribution in [-0.4, -0.2) is 31.1 Å². The molecule has 142 valence electrons. The first-order valence-corrected chi connectivity index (χ1v) is 9.09. The van der Waals surface area contributed by atoms with Crippen molar-refractivity contribution in [1.82, 2.24) is 10.6 Å². The third-order valence-corrected chi connectivity index (χ3v) is 4.54. The van der Waals surface area contributed by atoms with Gasteiger partial charge in [0.15, 0.2) is 0 Å². The highest BCUT2D eigenvalue weighted by molar-refractivity contribution is 5.85. The fraction of sp³-hybridized carbons (Fsp3) is 0.333. The molecule has 5 nitrogen and oxygen atoms in total. The molecule has 2 aromatic rings. The van der Waals surface area contributed by atoms with Crippen LogP contribution in [0.2, 0.25) is 0 Å². The summed E-state index contributed by atoms with van der Waals surface area (Å²) in [6.07, 6.45) is 1.81. The van der Waals surface area contributed by atoms with Crippen molar-refractivity contribution in [3.63, 3.8) is 0 Å². The first kappa shape index (κ1) is 19.0. The van der Waals surface area contributed by atoms with Gasteiger partial charge in [0.25, 0.3) is 0 Å². The summed E-state index contributed by atoms with van der Waals surface area (Å²) in [6, 6.07) is 15.0. The molecule has 1 heterocycles. The van der Waals surface area contributed by atoms with Crippen LogP contribution in [0.15, 0.2) is 54.6 Å². The molecule has 1 fully saturated rings. The van der Waals surface area contributed by atoms with Gasteiger partial charge < -0.3 is 15.4 Å². The van der Waals surface area contributed by atoms with Gasteiger partial charge in [-0.25, -0.2) is 4.39 Å². The Bertz CT molecular complexity index is 759. The van der Waals surface area contributed by atoms with E-state index >= 15 is 0 Å². The molecule has 0 bridgehead atoms. The minimum Gasteiger partial charge on any atom is -0.376 e. The second kappa shape index (κ2) is 9.28. The van der Waals surface area contributed by atoms with Gasteiger partial charge in [-0.1, -0.05) is 42.5 Å². The lowest BCUT2D eigenvalue weighted by molar-refractivity contribution is -0.126. The molecule has 2 atom stereocenters. The van der Waals surface area contributed by atoms with E-state index in [1.807, 2.05) is 30.3 Å². The topological polar surface area (TPSA) is 67.4 Å². The van der Waals surface area contributed by atoms with Gasteiger partial charge in [0.2, 0.25) is 11.8 Å². The van der Waals surface area contributed by atoms with Crippen LogP contribution in [0, 0.1) is 5.82 Å². The normalized spacial score (nSPS) is 17.3. The van der Waals surface area contributed by atoms with Gasteiger partial charge in [0.05, 0.1) is 25.1 Å². The number of halogens is 1. The average molecular weight is 370 g/mol. The SMILES string of the molecule is O=C(Cc1ccccc1)NCC(=O)N[C@H](c1ccc(F)cc1)[C@H]1CCCO1.